The number of hydrogen-bond donors (Lipinski definition) is 0. The second-order valence-electron chi connectivity index (χ2n) is 9.31. The first kappa shape index (κ1) is 20.1. The van der Waals surface area contributed by atoms with Gasteiger partial charge in [-0.1, -0.05) is 0 Å². The molecule has 5 rings (SSSR count). The van der Waals surface area contributed by atoms with E-state index in [1.54, 1.807) is 11.3 Å². The van der Waals surface area contributed by atoms with Crippen molar-refractivity contribution in [2.24, 2.45) is 0 Å². The van der Waals surface area contributed by atoms with E-state index in [2.05, 4.69) is 66.7 Å². The number of benzene rings is 3. The molecule has 0 bridgehead atoms. The molecule has 5 aromatic rings. The molecule has 2 heterocycles. The van der Waals surface area contributed by atoms with Gasteiger partial charge in [0.1, 0.15) is 5.82 Å². The van der Waals surface area contributed by atoms with Gasteiger partial charge < -0.3 is 0 Å². The third-order valence-electron chi connectivity index (χ3n) is 6.27. The second-order valence-corrected chi connectivity index (χ2v) is 21.4. The summed E-state index contributed by atoms with van der Waals surface area (Å²) < 4.78 is 24.3. The van der Waals surface area contributed by atoms with Crippen LogP contribution in [0, 0.1) is 5.82 Å². The van der Waals surface area contributed by atoms with Crippen molar-refractivity contribution in [2.75, 3.05) is 0 Å². The van der Waals surface area contributed by atoms with Gasteiger partial charge in [-0.3, -0.25) is 0 Å². The Bertz CT molecular complexity index is 1480. The monoisotopic (exact) mass is 502 g/mol. The first-order valence-electron chi connectivity index (χ1n) is 11.3. The molecule has 0 N–H and O–H groups in total. The van der Waals surface area contributed by atoms with Crippen LogP contribution in [0.3, 0.4) is 0 Å². The molecule has 0 spiro atoms. The first-order valence-corrected chi connectivity index (χ1v) is 19.0. The van der Waals surface area contributed by atoms with Crippen LogP contribution in [0.5, 0.6) is 0 Å². The normalized spacial score (nSPS) is 14.5. The van der Waals surface area contributed by atoms with Gasteiger partial charge in [0.25, 0.3) is 0 Å². The van der Waals surface area contributed by atoms with E-state index < -0.39 is 18.0 Å². The summed E-state index contributed by atoms with van der Waals surface area (Å²) in [4.78, 5) is 4.71. The Kier molecular flexibility index (Phi) is 5.11. The van der Waals surface area contributed by atoms with Crippen molar-refractivity contribution in [3.05, 3.63) is 90.4 Å². The molecule has 0 saturated carbocycles. The Hall–Kier alpha value is -2.50. The molecule has 32 heavy (non-hydrogen) atoms. The predicted molar refractivity (Wildman–Crippen MR) is 140 cm³/mol. The molecule has 0 radical (unpaired) electrons. The Morgan fingerprint density at radius 2 is 1.66 bits per heavy atom. The summed E-state index contributed by atoms with van der Waals surface area (Å²) in [6.45, 7) is 2.06. The molecule has 1 nitrogen and oxygen atoms in total. The molecular weight excluding hydrogens is 474 g/mol. The van der Waals surface area contributed by atoms with E-state index in [1.165, 1.54) is 32.3 Å². The zero-order chi connectivity index (χ0) is 23.4. The van der Waals surface area contributed by atoms with Gasteiger partial charge in [-0.15, -0.1) is 0 Å². The van der Waals surface area contributed by atoms with Gasteiger partial charge in [0, 0.05) is 0 Å². The van der Waals surface area contributed by atoms with Gasteiger partial charge in [0.05, 0.1) is 0 Å². The average molecular weight is 501 g/mol. The number of rotatable bonds is 4. The Labute approximate surface area is 196 Å². The van der Waals surface area contributed by atoms with Crippen molar-refractivity contribution in [2.45, 2.75) is 28.9 Å². The van der Waals surface area contributed by atoms with Crippen molar-refractivity contribution in [3.8, 4) is 22.4 Å². The number of thiophene rings is 1. The first-order chi connectivity index (χ1) is 15.6. The molecule has 0 aliphatic rings. The van der Waals surface area contributed by atoms with Crippen LogP contribution in [0.2, 0.25) is 17.3 Å². The number of fused-ring (bicyclic) bond motifs is 3. The van der Waals surface area contributed by atoms with Crippen LogP contribution in [0.25, 0.3) is 42.6 Å². The molecule has 0 fully saturated rings. The molecule has 3 aromatic carbocycles. The molecule has 2 aromatic heterocycles. The molecule has 0 aliphatic heterocycles. The number of halogens is 1. The van der Waals surface area contributed by atoms with E-state index in [4.69, 9.17) is 6.35 Å². The SMILES string of the molecule is [2H][C](C)(c1ccnc(-c2cccc3c2sc2cc(-c4ccc(F)cc4)ccc23)c1)[Ge]([CH3])([CH3])[CH3]. The Morgan fingerprint density at radius 1 is 0.906 bits per heavy atom. The van der Waals surface area contributed by atoms with Crippen LogP contribution >= 0.6 is 11.3 Å². The van der Waals surface area contributed by atoms with Gasteiger partial charge in [-0.25, -0.2) is 4.39 Å². The van der Waals surface area contributed by atoms with Crippen molar-refractivity contribution < 1.29 is 5.76 Å². The molecular formula is C28H26FGeNS. The predicted octanol–water partition coefficient (Wildman–Crippen LogP) is 8.90. The van der Waals surface area contributed by atoms with Crippen molar-refractivity contribution in [1.82, 2.24) is 4.98 Å². The molecule has 1 atom stereocenters. The van der Waals surface area contributed by atoms with Gasteiger partial charge in [0.2, 0.25) is 0 Å². The minimum atomic E-state index is -2.30. The molecule has 1 unspecified atom stereocenters. The van der Waals surface area contributed by atoms with E-state index in [0.29, 0.717) is 0 Å². The van der Waals surface area contributed by atoms with E-state index >= 15 is 0 Å². The maximum atomic E-state index is 13.4. The average Bonchev–Trinajstić information content (AvgIpc) is 3.17. The third-order valence-corrected chi connectivity index (χ3v) is 12.8. The molecule has 0 amide bonds. The van der Waals surface area contributed by atoms with Gasteiger partial charge >= 0.3 is 175 Å². The van der Waals surface area contributed by atoms with Crippen LogP contribution < -0.4 is 0 Å². The van der Waals surface area contributed by atoms with Crippen LogP contribution in [0.1, 0.15) is 18.6 Å². The summed E-state index contributed by atoms with van der Waals surface area (Å²) >= 11 is -0.532. The van der Waals surface area contributed by atoms with E-state index in [0.717, 1.165) is 27.9 Å². The van der Waals surface area contributed by atoms with Crippen LogP contribution in [-0.2, 0) is 0 Å². The zero-order valence-electron chi connectivity index (χ0n) is 19.7. The van der Waals surface area contributed by atoms with Crippen molar-refractivity contribution in [1.29, 1.82) is 0 Å². The fourth-order valence-electron chi connectivity index (χ4n) is 4.07. The standard InChI is InChI=1S/C28H26FGeNS/c1-18(30(2,3)4)20-14-15-31-26(16-20)25-7-5-6-24-23-13-10-21(17-27(23)32-28(24)25)19-8-11-22(29)12-9-19/h5-18H,1-4H3/i18D. The molecule has 0 saturated heterocycles. The summed E-state index contributed by atoms with van der Waals surface area (Å²) in [6.07, 6.45) is 1.85. The second kappa shape index (κ2) is 8.13. The van der Waals surface area contributed by atoms with Gasteiger partial charge in [-0.2, -0.15) is 0 Å². The molecule has 4 heteroatoms. The number of nitrogens with zero attached hydrogens (tertiary/aromatic N) is 1. The van der Waals surface area contributed by atoms with E-state index in [9.17, 15) is 4.39 Å². The molecule has 0 aliphatic carbocycles. The number of hydrogen-bond acceptors (Lipinski definition) is 2. The Morgan fingerprint density at radius 3 is 2.41 bits per heavy atom. The van der Waals surface area contributed by atoms with Crippen LogP contribution in [0.15, 0.2) is 79.0 Å². The summed E-state index contributed by atoms with van der Waals surface area (Å²) in [5.74, 6) is 6.65. The van der Waals surface area contributed by atoms with Gasteiger partial charge in [0.15, 0.2) is 0 Å². The van der Waals surface area contributed by atoms with Crippen molar-refractivity contribution in [3.63, 3.8) is 0 Å². The quantitative estimate of drug-likeness (QED) is 0.224. The van der Waals surface area contributed by atoms with Crippen LogP contribution in [-0.4, -0.2) is 18.3 Å². The summed E-state index contributed by atoms with van der Waals surface area (Å²) in [6, 6.07) is 23.6. The Balaban J connectivity index is 1.65. The van der Waals surface area contributed by atoms with Gasteiger partial charge in [-0.05, 0) is 12.1 Å². The van der Waals surface area contributed by atoms with Crippen LogP contribution in [0.4, 0.5) is 4.39 Å². The topological polar surface area (TPSA) is 12.9 Å². The minimum absolute atomic E-state index is 0.222. The third kappa shape index (κ3) is 3.89. The zero-order valence-corrected chi connectivity index (χ0v) is 21.7. The van der Waals surface area contributed by atoms with E-state index in [-0.39, 0.29) is 5.82 Å². The summed E-state index contributed by atoms with van der Waals surface area (Å²) in [5.41, 5.74) is 5.17. The summed E-state index contributed by atoms with van der Waals surface area (Å²) in [7, 11) is 0. The summed E-state index contributed by atoms with van der Waals surface area (Å²) in [5, 5.41) is 2.43. The fraction of sp³-hybridized carbons (Fsp3) is 0.179. The number of aromatic nitrogens is 1. The molecule has 160 valence electrons. The number of pyridine rings is 1. The van der Waals surface area contributed by atoms with E-state index in [1.807, 2.05) is 24.4 Å². The fourth-order valence-corrected chi connectivity index (χ4v) is 7.47. The maximum absolute atomic E-state index is 13.4. The van der Waals surface area contributed by atoms with Crippen molar-refractivity contribution >= 4 is 44.8 Å².